The van der Waals surface area contributed by atoms with Crippen LogP contribution in [-0.4, -0.2) is 40.2 Å². The lowest BCUT2D eigenvalue weighted by Crippen LogP contribution is -2.17. The SMILES string of the molecule is CCc1ccc2c(c1)nc(=O)n1nc(-c3nnn[nH]3)[nH]c21. The monoisotopic (exact) mass is 282 g/mol. The zero-order valence-electron chi connectivity index (χ0n) is 11.0. The Hall–Kier alpha value is -3.10. The molecule has 0 radical (unpaired) electrons. The number of aryl methyl sites for hydroxylation is 1. The van der Waals surface area contributed by atoms with Gasteiger partial charge in [0, 0.05) is 5.39 Å². The Labute approximate surface area is 117 Å². The van der Waals surface area contributed by atoms with Crippen molar-refractivity contribution in [2.24, 2.45) is 0 Å². The number of nitrogens with zero attached hydrogens (tertiary/aromatic N) is 6. The molecule has 0 aliphatic rings. The van der Waals surface area contributed by atoms with Gasteiger partial charge in [0.05, 0.1) is 5.52 Å². The van der Waals surface area contributed by atoms with Crippen LogP contribution in [0.4, 0.5) is 0 Å². The summed E-state index contributed by atoms with van der Waals surface area (Å²) in [5, 5.41) is 18.3. The van der Waals surface area contributed by atoms with Gasteiger partial charge in [-0.05, 0) is 34.5 Å². The molecule has 0 bridgehead atoms. The van der Waals surface area contributed by atoms with E-state index in [2.05, 4.69) is 42.6 Å². The van der Waals surface area contributed by atoms with Gasteiger partial charge in [0.25, 0.3) is 0 Å². The van der Waals surface area contributed by atoms with E-state index in [0.29, 0.717) is 22.8 Å². The first-order valence-corrected chi connectivity index (χ1v) is 6.42. The van der Waals surface area contributed by atoms with Crippen LogP contribution < -0.4 is 5.69 Å². The van der Waals surface area contributed by atoms with Crippen molar-refractivity contribution in [3.63, 3.8) is 0 Å². The summed E-state index contributed by atoms with van der Waals surface area (Å²) >= 11 is 0. The van der Waals surface area contributed by atoms with Crippen LogP contribution >= 0.6 is 0 Å². The first kappa shape index (κ1) is 11.7. The molecule has 0 saturated carbocycles. The summed E-state index contributed by atoms with van der Waals surface area (Å²) in [6, 6.07) is 5.84. The Morgan fingerprint density at radius 3 is 2.95 bits per heavy atom. The molecule has 0 fully saturated rings. The summed E-state index contributed by atoms with van der Waals surface area (Å²) in [6.45, 7) is 2.05. The predicted molar refractivity (Wildman–Crippen MR) is 73.7 cm³/mol. The molecule has 0 spiro atoms. The Bertz CT molecular complexity index is 997. The maximum absolute atomic E-state index is 12.1. The lowest BCUT2D eigenvalue weighted by Gasteiger charge is -2.00. The van der Waals surface area contributed by atoms with Crippen LogP contribution in [-0.2, 0) is 6.42 Å². The summed E-state index contributed by atoms with van der Waals surface area (Å²) in [4.78, 5) is 19.2. The molecular formula is C12H10N8O. The second kappa shape index (κ2) is 4.20. The van der Waals surface area contributed by atoms with Crippen LogP contribution in [0.3, 0.4) is 0 Å². The second-order valence-corrected chi connectivity index (χ2v) is 4.58. The number of aromatic nitrogens is 8. The molecule has 4 rings (SSSR count). The van der Waals surface area contributed by atoms with E-state index in [4.69, 9.17) is 0 Å². The smallest absolute Gasteiger partial charge is 0.319 e. The molecule has 1 aromatic carbocycles. The van der Waals surface area contributed by atoms with Crippen LogP contribution in [0.15, 0.2) is 23.0 Å². The molecule has 3 heterocycles. The molecule has 0 atom stereocenters. The van der Waals surface area contributed by atoms with Crippen LogP contribution in [0, 0.1) is 0 Å². The molecule has 0 unspecified atom stereocenters. The van der Waals surface area contributed by atoms with Gasteiger partial charge >= 0.3 is 5.69 Å². The molecule has 0 aliphatic heterocycles. The molecule has 0 saturated heterocycles. The lowest BCUT2D eigenvalue weighted by atomic mass is 10.1. The summed E-state index contributed by atoms with van der Waals surface area (Å²) < 4.78 is 1.21. The third-order valence-corrected chi connectivity index (χ3v) is 3.34. The largest absolute Gasteiger partial charge is 0.370 e. The minimum atomic E-state index is -0.444. The van der Waals surface area contributed by atoms with Crippen molar-refractivity contribution in [2.75, 3.05) is 0 Å². The van der Waals surface area contributed by atoms with Crippen molar-refractivity contribution in [3.8, 4) is 11.6 Å². The molecule has 0 aliphatic carbocycles. The molecule has 4 aromatic rings. The van der Waals surface area contributed by atoms with E-state index < -0.39 is 5.69 Å². The maximum Gasteiger partial charge on any atom is 0.370 e. The van der Waals surface area contributed by atoms with Crippen molar-refractivity contribution in [3.05, 3.63) is 34.2 Å². The quantitative estimate of drug-likeness (QED) is 0.546. The third-order valence-electron chi connectivity index (χ3n) is 3.34. The van der Waals surface area contributed by atoms with Crippen molar-refractivity contribution in [1.82, 2.24) is 40.2 Å². The number of nitrogens with one attached hydrogen (secondary N) is 2. The minimum Gasteiger partial charge on any atom is -0.319 e. The fourth-order valence-corrected chi connectivity index (χ4v) is 2.27. The van der Waals surface area contributed by atoms with E-state index in [9.17, 15) is 4.79 Å². The van der Waals surface area contributed by atoms with Crippen LogP contribution in [0.25, 0.3) is 28.2 Å². The molecule has 3 aromatic heterocycles. The molecule has 104 valence electrons. The minimum absolute atomic E-state index is 0.358. The van der Waals surface area contributed by atoms with Gasteiger partial charge in [0.15, 0.2) is 5.82 Å². The Morgan fingerprint density at radius 1 is 1.29 bits per heavy atom. The van der Waals surface area contributed by atoms with Gasteiger partial charge in [-0.3, -0.25) is 0 Å². The number of fused-ring (bicyclic) bond motifs is 3. The first-order chi connectivity index (χ1) is 10.3. The topological polar surface area (TPSA) is 118 Å². The predicted octanol–water partition coefficient (Wildman–Crippen LogP) is 0.313. The Balaban J connectivity index is 2.08. The van der Waals surface area contributed by atoms with Gasteiger partial charge in [0.2, 0.25) is 5.82 Å². The van der Waals surface area contributed by atoms with Crippen molar-refractivity contribution >= 4 is 16.6 Å². The van der Waals surface area contributed by atoms with Gasteiger partial charge in [0.1, 0.15) is 5.65 Å². The standard InChI is InChI=1S/C12H10N8O/c1-2-6-3-4-7-8(5-6)13-12(21)20-11(7)14-9(17-20)10-15-18-19-16-10/h3-5H,2H2,1H3,(H,14,17)(H,15,16,18,19). The fourth-order valence-electron chi connectivity index (χ4n) is 2.27. The highest BCUT2D eigenvalue weighted by Crippen LogP contribution is 2.18. The summed E-state index contributed by atoms with van der Waals surface area (Å²) in [7, 11) is 0. The van der Waals surface area contributed by atoms with Gasteiger partial charge in [-0.15, -0.1) is 10.2 Å². The van der Waals surface area contributed by atoms with Gasteiger partial charge in [-0.25, -0.2) is 9.89 Å². The number of rotatable bonds is 2. The van der Waals surface area contributed by atoms with E-state index in [1.807, 2.05) is 18.2 Å². The third kappa shape index (κ3) is 1.71. The second-order valence-electron chi connectivity index (χ2n) is 4.58. The van der Waals surface area contributed by atoms with Crippen LogP contribution in [0.2, 0.25) is 0 Å². The number of hydrogen-bond donors (Lipinski definition) is 2. The number of hydrogen-bond acceptors (Lipinski definition) is 6. The zero-order chi connectivity index (χ0) is 14.4. The van der Waals surface area contributed by atoms with E-state index in [1.165, 1.54) is 4.52 Å². The normalized spacial score (nSPS) is 11.5. The van der Waals surface area contributed by atoms with Gasteiger partial charge < -0.3 is 4.98 Å². The van der Waals surface area contributed by atoms with Crippen LogP contribution in [0.5, 0.6) is 0 Å². The summed E-state index contributed by atoms with van der Waals surface area (Å²) in [5.41, 5.74) is 1.89. The Kier molecular flexibility index (Phi) is 2.34. The number of H-pyrrole nitrogens is 2. The number of aromatic amines is 2. The van der Waals surface area contributed by atoms with E-state index >= 15 is 0 Å². The van der Waals surface area contributed by atoms with Crippen molar-refractivity contribution in [2.45, 2.75) is 13.3 Å². The zero-order valence-corrected chi connectivity index (χ0v) is 11.0. The number of tetrazole rings is 1. The van der Waals surface area contributed by atoms with Crippen LogP contribution in [0.1, 0.15) is 12.5 Å². The highest BCUT2D eigenvalue weighted by Gasteiger charge is 2.13. The van der Waals surface area contributed by atoms with E-state index in [-0.39, 0.29) is 0 Å². The number of benzene rings is 1. The highest BCUT2D eigenvalue weighted by atomic mass is 16.1. The molecule has 9 nitrogen and oxygen atoms in total. The van der Waals surface area contributed by atoms with E-state index in [0.717, 1.165) is 17.4 Å². The fraction of sp³-hybridized carbons (Fsp3) is 0.167. The summed E-state index contributed by atoms with van der Waals surface area (Å²) in [5.74, 6) is 0.738. The first-order valence-electron chi connectivity index (χ1n) is 6.42. The Morgan fingerprint density at radius 2 is 2.19 bits per heavy atom. The lowest BCUT2D eigenvalue weighted by molar-refractivity contribution is 0.880. The molecule has 0 amide bonds. The highest BCUT2D eigenvalue weighted by molar-refractivity contribution is 5.91. The van der Waals surface area contributed by atoms with E-state index in [1.54, 1.807) is 0 Å². The molecule has 2 N–H and O–H groups in total. The average Bonchev–Trinajstić information content (AvgIpc) is 3.16. The summed E-state index contributed by atoms with van der Waals surface area (Å²) in [6.07, 6.45) is 0.884. The molecular weight excluding hydrogens is 272 g/mol. The average molecular weight is 282 g/mol. The van der Waals surface area contributed by atoms with Gasteiger partial charge in [-0.2, -0.15) is 9.50 Å². The molecule has 21 heavy (non-hydrogen) atoms. The van der Waals surface area contributed by atoms with Gasteiger partial charge in [-0.1, -0.05) is 13.0 Å². The van der Waals surface area contributed by atoms with Crippen molar-refractivity contribution in [1.29, 1.82) is 0 Å². The maximum atomic E-state index is 12.1. The van der Waals surface area contributed by atoms with Crippen molar-refractivity contribution < 1.29 is 0 Å². The molecule has 9 heteroatoms.